The van der Waals surface area contributed by atoms with Crippen molar-refractivity contribution in [3.8, 4) is 11.5 Å². The van der Waals surface area contributed by atoms with Crippen molar-refractivity contribution >= 4 is 17.3 Å². The molecule has 33 heavy (non-hydrogen) atoms. The number of benzene rings is 1. The molecular weight excluding hydrogens is 428 g/mol. The molecule has 0 aliphatic carbocycles. The molecule has 2 aromatic heterocycles. The van der Waals surface area contributed by atoms with Gasteiger partial charge in [0.2, 0.25) is 5.91 Å². The molecule has 1 N–H and O–H groups in total. The van der Waals surface area contributed by atoms with Crippen LogP contribution in [0.25, 0.3) is 0 Å². The van der Waals surface area contributed by atoms with Gasteiger partial charge < -0.3 is 14.8 Å². The van der Waals surface area contributed by atoms with E-state index in [2.05, 4.69) is 15.5 Å². The average Bonchev–Trinajstić information content (AvgIpc) is 3.32. The van der Waals surface area contributed by atoms with Gasteiger partial charge in [-0.15, -0.1) is 0 Å². The van der Waals surface area contributed by atoms with Crippen molar-refractivity contribution in [2.75, 3.05) is 18.5 Å². The van der Waals surface area contributed by atoms with Crippen LogP contribution in [0.15, 0.2) is 30.6 Å². The predicted octanol–water partition coefficient (Wildman–Crippen LogP) is 3.65. The summed E-state index contributed by atoms with van der Waals surface area (Å²) < 4.78 is 14.3. The molecule has 2 heterocycles. The number of nitro groups is 1. The van der Waals surface area contributed by atoms with Gasteiger partial charge in [0.25, 0.3) is 0 Å². The highest BCUT2D eigenvalue weighted by Gasteiger charge is 2.27. The molecule has 3 aromatic rings. The van der Waals surface area contributed by atoms with Crippen molar-refractivity contribution in [1.29, 1.82) is 0 Å². The highest BCUT2D eigenvalue weighted by atomic mass is 16.6. The largest absolute Gasteiger partial charge is 0.490 e. The second-order valence-corrected chi connectivity index (χ2v) is 7.46. The van der Waals surface area contributed by atoms with Crippen molar-refractivity contribution in [3.05, 3.63) is 57.7 Å². The standard InChI is InChI=1S/C22H28N6O5/c1-6-32-19-9-8-17(10-20(19)33-7-2)12-26-13-18(11-23-26)24-22(29)16(5)27-15(4)21(28(30)31)14(3)25-27/h8-11,13,16H,6-7,12H2,1-5H3,(H,24,29). The zero-order valence-corrected chi connectivity index (χ0v) is 19.4. The first kappa shape index (κ1) is 23.8. The lowest BCUT2D eigenvalue weighted by Gasteiger charge is -2.13. The maximum Gasteiger partial charge on any atom is 0.312 e. The molecule has 0 aliphatic rings. The molecule has 1 aromatic carbocycles. The number of rotatable bonds is 10. The third kappa shape index (κ3) is 5.30. The van der Waals surface area contributed by atoms with Crippen molar-refractivity contribution in [3.63, 3.8) is 0 Å². The molecular formula is C22H28N6O5. The Balaban J connectivity index is 1.70. The van der Waals surface area contributed by atoms with Gasteiger partial charge in [0.05, 0.1) is 36.6 Å². The smallest absolute Gasteiger partial charge is 0.312 e. The summed E-state index contributed by atoms with van der Waals surface area (Å²) in [6.07, 6.45) is 3.26. The van der Waals surface area contributed by atoms with Crippen LogP contribution in [0.2, 0.25) is 0 Å². The van der Waals surface area contributed by atoms with Gasteiger partial charge in [-0.25, -0.2) is 0 Å². The lowest BCUT2D eigenvalue weighted by molar-refractivity contribution is -0.386. The number of aryl methyl sites for hydroxylation is 1. The monoisotopic (exact) mass is 456 g/mol. The van der Waals surface area contributed by atoms with Gasteiger partial charge in [0.15, 0.2) is 11.5 Å². The lowest BCUT2D eigenvalue weighted by Crippen LogP contribution is -2.25. The normalized spacial score (nSPS) is 11.8. The third-order valence-corrected chi connectivity index (χ3v) is 5.07. The molecule has 3 rings (SSSR count). The summed E-state index contributed by atoms with van der Waals surface area (Å²) >= 11 is 0. The molecule has 1 unspecified atom stereocenters. The molecule has 1 atom stereocenters. The van der Waals surface area contributed by atoms with Gasteiger partial charge in [-0.3, -0.25) is 24.3 Å². The number of nitrogens with one attached hydrogen (secondary N) is 1. The Bertz CT molecular complexity index is 1150. The van der Waals surface area contributed by atoms with Crippen LogP contribution in [-0.4, -0.2) is 43.6 Å². The van der Waals surface area contributed by atoms with E-state index in [9.17, 15) is 14.9 Å². The Morgan fingerprint density at radius 3 is 2.55 bits per heavy atom. The first-order valence-electron chi connectivity index (χ1n) is 10.7. The SMILES string of the molecule is CCOc1ccc(Cn2cc(NC(=O)C(C)n3nc(C)c([N+](=O)[O-])c3C)cn2)cc1OCC. The molecule has 11 nitrogen and oxygen atoms in total. The van der Waals surface area contributed by atoms with Crippen LogP contribution in [0.3, 0.4) is 0 Å². The first-order chi connectivity index (χ1) is 15.7. The first-order valence-corrected chi connectivity index (χ1v) is 10.7. The fourth-order valence-electron chi connectivity index (χ4n) is 3.55. The Kier molecular flexibility index (Phi) is 7.31. The highest BCUT2D eigenvalue weighted by molar-refractivity contribution is 5.93. The van der Waals surface area contributed by atoms with E-state index in [1.54, 1.807) is 37.8 Å². The van der Waals surface area contributed by atoms with E-state index in [1.165, 1.54) is 4.68 Å². The number of aromatic nitrogens is 4. The molecule has 0 fully saturated rings. The zero-order valence-electron chi connectivity index (χ0n) is 19.4. The Morgan fingerprint density at radius 2 is 1.91 bits per heavy atom. The topological polar surface area (TPSA) is 126 Å². The molecule has 176 valence electrons. The second kappa shape index (κ2) is 10.2. The Labute approximate surface area is 191 Å². The number of carbonyl (C=O) groups is 1. The molecule has 0 aliphatic heterocycles. The number of hydrogen-bond acceptors (Lipinski definition) is 7. The molecule has 0 radical (unpaired) electrons. The van der Waals surface area contributed by atoms with E-state index in [0.29, 0.717) is 42.6 Å². The van der Waals surface area contributed by atoms with Gasteiger partial charge in [0, 0.05) is 6.20 Å². The fourth-order valence-corrected chi connectivity index (χ4v) is 3.55. The number of ether oxygens (including phenoxy) is 2. The number of carbonyl (C=O) groups excluding carboxylic acids is 1. The van der Waals surface area contributed by atoms with Gasteiger partial charge in [0.1, 0.15) is 17.4 Å². The molecule has 0 saturated heterocycles. The highest BCUT2D eigenvalue weighted by Crippen LogP contribution is 2.29. The van der Waals surface area contributed by atoms with Crippen LogP contribution >= 0.6 is 0 Å². The maximum absolute atomic E-state index is 12.7. The molecule has 11 heteroatoms. The third-order valence-electron chi connectivity index (χ3n) is 5.07. The minimum absolute atomic E-state index is 0.0794. The van der Waals surface area contributed by atoms with Crippen LogP contribution in [0.1, 0.15) is 43.8 Å². The minimum Gasteiger partial charge on any atom is -0.490 e. The number of hydrogen-bond donors (Lipinski definition) is 1. The summed E-state index contributed by atoms with van der Waals surface area (Å²) in [6, 6.07) is 4.98. The predicted molar refractivity (Wildman–Crippen MR) is 122 cm³/mol. The average molecular weight is 457 g/mol. The number of amides is 1. The van der Waals surface area contributed by atoms with E-state index in [0.717, 1.165) is 5.56 Å². The quantitative estimate of drug-likeness (QED) is 0.364. The van der Waals surface area contributed by atoms with Crippen LogP contribution in [0.5, 0.6) is 11.5 Å². The van der Waals surface area contributed by atoms with Crippen LogP contribution in [-0.2, 0) is 11.3 Å². The van der Waals surface area contributed by atoms with E-state index in [4.69, 9.17) is 9.47 Å². The van der Waals surface area contributed by atoms with Crippen molar-refractivity contribution in [2.45, 2.75) is 47.2 Å². The summed E-state index contributed by atoms with van der Waals surface area (Å²) in [6.45, 7) is 10.1. The van der Waals surface area contributed by atoms with Gasteiger partial charge in [-0.1, -0.05) is 6.07 Å². The molecule has 0 saturated carbocycles. The lowest BCUT2D eigenvalue weighted by atomic mass is 10.2. The number of nitrogens with zero attached hydrogens (tertiary/aromatic N) is 5. The Hall–Kier alpha value is -3.89. The maximum atomic E-state index is 12.7. The summed E-state index contributed by atoms with van der Waals surface area (Å²) in [7, 11) is 0. The van der Waals surface area contributed by atoms with E-state index < -0.39 is 11.0 Å². The summed E-state index contributed by atoms with van der Waals surface area (Å²) in [5.41, 5.74) is 2.00. The molecule has 0 spiro atoms. The van der Waals surface area contributed by atoms with Crippen molar-refractivity contribution in [1.82, 2.24) is 19.6 Å². The van der Waals surface area contributed by atoms with E-state index >= 15 is 0 Å². The van der Waals surface area contributed by atoms with E-state index in [1.807, 2.05) is 32.0 Å². The zero-order chi connectivity index (χ0) is 24.1. The van der Waals surface area contributed by atoms with Crippen LogP contribution < -0.4 is 14.8 Å². The molecule has 1 amide bonds. The minimum atomic E-state index is -0.736. The van der Waals surface area contributed by atoms with Crippen molar-refractivity contribution in [2.24, 2.45) is 0 Å². The second-order valence-electron chi connectivity index (χ2n) is 7.46. The summed E-state index contributed by atoms with van der Waals surface area (Å²) in [5, 5.41) is 22.5. The Morgan fingerprint density at radius 1 is 1.21 bits per heavy atom. The summed E-state index contributed by atoms with van der Waals surface area (Å²) in [5.74, 6) is 1.01. The van der Waals surface area contributed by atoms with Crippen LogP contribution in [0.4, 0.5) is 11.4 Å². The van der Waals surface area contributed by atoms with Crippen molar-refractivity contribution < 1.29 is 19.2 Å². The number of anilines is 1. The van der Waals surface area contributed by atoms with Gasteiger partial charge in [-0.05, 0) is 52.3 Å². The van der Waals surface area contributed by atoms with Gasteiger partial charge >= 0.3 is 5.69 Å². The van der Waals surface area contributed by atoms with E-state index in [-0.39, 0.29) is 17.3 Å². The fraction of sp³-hybridized carbons (Fsp3) is 0.409. The molecule has 0 bridgehead atoms. The summed E-state index contributed by atoms with van der Waals surface area (Å²) in [4.78, 5) is 23.5. The van der Waals surface area contributed by atoms with Crippen LogP contribution in [0, 0.1) is 24.0 Å². The van der Waals surface area contributed by atoms with Gasteiger partial charge in [-0.2, -0.15) is 10.2 Å².